The van der Waals surface area contributed by atoms with Crippen LogP contribution in [-0.4, -0.2) is 24.9 Å². The minimum absolute atomic E-state index is 0.0437. The van der Waals surface area contributed by atoms with E-state index in [-0.39, 0.29) is 11.8 Å². The molecular formula is C15H20N2O2. The van der Waals surface area contributed by atoms with Gasteiger partial charge in [0, 0.05) is 31.3 Å². The van der Waals surface area contributed by atoms with Crippen molar-refractivity contribution in [2.24, 2.45) is 5.92 Å². The Kier molecular flexibility index (Phi) is 3.88. The summed E-state index contributed by atoms with van der Waals surface area (Å²) in [6.07, 6.45) is 0.820. The average molecular weight is 260 g/mol. The fourth-order valence-corrected chi connectivity index (χ4v) is 2.27. The molecule has 0 fully saturated rings. The molecule has 0 saturated heterocycles. The number of nitrogens with zero attached hydrogens (tertiary/aromatic N) is 1. The molecule has 2 amide bonds. The highest BCUT2D eigenvalue weighted by molar-refractivity contribution is 5.97. The Labute approximate surface area is 113 Å². The third-order valence-electron chi connectivity index (χ3n) is 3.29. The highest BCUT2D eigenvalue weighted by Gasteiger charge is 2.22. The van der Waals surface area contributed by atoms with Crippen LogP contribution in [0.25, 0.3) is 0 Å². The van der Waals surface area contributed by atoms with E-state index in [9.17, 15) is 9.59 Å². The van der Waals surface area contributed by atoms with Crippen molar-refractivity contribution in [2.75, 3.05) is 18.0 Å². The summed E-state index contributed by atoms with van der Waals surface area (Å²) in [5.41, 5.74) is 2.69. The topological polar surface area (TPSA) is 49.4 Å². The molecule has 1 aromatic rings. The lowest BCUT2D eigenvalue weighted by Gasteiger charge is -2.15. The lowest BCUT2D eigenvalue weighted by molar-refractivity contribution is -0.116. The molecule has 1 heterocycles. The summed E-state index contributed by atoms with van der Waals surface area (Å²) < 4.78 is 0. The number of benzene rings is 1. The standard InChI is InChI=1S/C15H20N2O2/c1-10(2)9-16-15(19)13-4-5-14-12(8-13)6-7-17(14)11(3)18/h4-5,8,10H,6-7,9H2,1-3H3,(H,16,19). The molecule has 0 spiro atoms. The van der Waals surface area contributed by atoms with Gasteiger partial charge in [0.15, 0.2) is 0 Å². The van der Waals surface area contributed by atoms with Gasteiger partial charge < -0.3 is 10.2 Å². The van der Waals surface area contributed by atoms with E-state index in [1.54, 1.807) is 17.9 Å². The van der Waals surface area contributed by atoms with Crippen LogP contribution < -0.4 is 10.2 Å². The van der Waals surface area contributed by atoms with Crippen LogP contribution in [0.15, 0.2) is 18.2 Å². The van der Waals surface area contributed by atoms with Crippen molar-refractivity contribution in [3.63, 3.8) is 0 Å². The van der Waals surface area contributed by atoms with Gasteiger partial charge >= 0.3 is 0 Å². The molecule has 1 aliphatic heterocycles. The first-order valence-corrected chi connectivity index (χ1v) is 6.68. The SMILES string of the molecule is CC(=O)N1CCc2cc(C(=O)NCC(C)C)ccc21. The summed E-state index contributed by atoms with van der Waals surface area (Å²) in [4.78, 5) is 25.2. The molecule has 2 rings (SSSR count). The minimum atomic E-state index is -0.0437. The highest BCUT2D eigenvalue weighted by atomic mass is 16.2. The zero-order valence-electron chi connectivity index (χ0n) is 11.7. The lowest BCUT2D eigenvalue weighted by Crippen LogP contribution is -2.27. The van der Waals surface area contributed by atoms with E-state index in [4.69, 9.17) is 0 Å². The van der Waals surface area contributed by atoms with Crippen LogP contribution in [0.2, 0.25) is 0 Å². The van der Waals surface area contributed by atoms with E-state index in [1.807, 2.05) is 12.1 Å². The van der Waals surface area contributed by atoms with Gasteiger partial charge in [-0.3, -0.25) is 9.59 Å². The van der Waals surface area contributed by atoms with E-state index >= 15 is 0 Å². The maximum Gasteiger partial charge on any atom is 0.251 e. The molecule has 102 valence electrons. The second-order valence-corrected chi connectivity index (χ2v) is 5.37. The van der Waals surface area contributed by atoms with Crippen molar-refractivity contribution < 1.29 is 9.59 Å². The molecule has 0 saturated carbocycles. The van der Waals surface area contributed by atoms with Crippen molar-refractivity contribution >= 4 is 17.5 Å². The first-order valence-electron chi connectivity index (χ1n) is 6.68. The van der Waals surface area contributed by atoms with Gasteiger partial charge in [0.1, 0.15) is 0 Å². The first-order chi connectivity index (χ1) is 8.99. The fraction of sp³-hybridized carbons (Fsp3) is 0.467. The van der Waals surface area contributed by atoms with Crippen molar-refractivity contribution in [3.8, 4) is 0 Å². The van der Waals surface area contributed by atoms with Crippen LogP contribution in [0.3, 0.4) is 0 Å². The number of fused-ring (bicyclic) bond motifs is 1. The Morgan fingerprint density at radius 2 is 2.11 bits per heavy atom. The van der Waals surface area contributed by atoms with Gasteiger partial charge in [-0.25, -0.2) is 0 Å². The van der Waals surface area contributed by atoms with Crippen molar-refractivity contribution in [2.45, 2.75) is 27.2 Å². The molecule has 0 unspecified atom stereocenters. The number of amides is 2. The normalized spacial score (nSPS) is 13.6. The quantitative estimate of drug-likeness (QED) is 0.903. The molecular weight excluding hydrogens is 240 g/mol. The number of nitrogens with one attached hydrogen (secondary N) is 1. The molecule has 0 atom stereocenters. The monoisotopic (exact) mass is 260 g/mol. The number of anilines is 1. The molecule has 19 heavy (non-hydrogen) atoms. The average Bonchev–Trinajstić information content (AvgIpc) is 2.78. The summed E-state index contributed by atoms with van der Waals surface area (Å²) in [7, 11) is 0. The zero-order chi connectivity index (χ0) is 14.0. The first kappa shape index (κ1) is 13.6. The fourth-order valence-electron chi connectivity index (χ4n) is 2.27. The van der Waals surface area contributed by atoms with Crippen LogP contribution in [0.1, 0.15) is 36.7 Å². The van der Waals surface area contributed by atoms with Gasteiger partial charge in [-0.2, -0.15) is 0 Å². The van der Waals surface area contributed by atoms with Crippen LogP contribution >= 0.6 is 0 Å². The van der Waals surface area contributed by atoms with Crippen LogP contribution in [-0.2, 0) is 11.2 Å². The summed E-state index contributed by atoms with van der Waals surface area (Å²) in [5.74, 6) is 0.445. The third kappa shape index (κ3) is 2.95. The zero-order valence-corrected chi connectivity index (χ0v) is 11.7. The van der Waals surface area contributed by atoms with Crippen LogP contribution in [0, 0.1) is 5.92 Å². The molecule has 4 heteroatoms. The molecule has 1 N–H and O–H groups in total. The number of carbonyl (C=O) groups excluding carboxylic acids is 2. The Bertz CT molecular complexity index is 509. The number of hydrogen-bond donors (Lipinski definition) is 1. The molecule has 1 aromatic carbocycles. The van der Waals surface area contributed by atoms with Crippen LogP contribution in [0.4, 0.5) is 5.69 Å². The third-order valence-corrected chi connectivity index (χ3v) is 3.29. The molecule has 4 nitrogen and oxygen atoms in total. The van der Waals surface area contributed by atoms with Gasteiger partial charge in [-0.05, 0) is 36.1 Å². The van der Waals surface area contributed by atoms with Crippen molar-refractivity contribution in [1.29, 1.82) is 0 Å². The highest BCUT2D eigenvalue weighted by Crippen LogP contribution is 2.28. The van der Waals surface area contributed by atoms with Gasteiger partial charge in [-0.1, -0.05) is 13.8 Å². The van der Waals surface area contributed by atoms with Crippen molar-refractivity contribution in [3.05, 3.63) is 29.3 Å². The predicted molar refractivity (Wildman–Crippen MR) is 75.3 cm³/mol. The van der Waals surface area contributed by atoms with Gasteiger partial charge in [0.2, 0.25) is 5.91 Å². The smallest absolute Gasteiger partial charge is 0.251 e. The Balaban J connectivity index is 2.14. The maximum atomic E-state index is 12.0. The Morgan fingerprint density at radius 3 is 2.74 bits per heavy atom. The molecule has 1 aliphatic rings. The summed E-state index contributed by atoms with van der Waals surface area (Å²) in [6, 6.07) is 5.55. The van der Waals surface area contributed by atoms with Gasteiger partial charge in [0.05, 0.1) is 0 Å². The summed E-state index contributed by atoms with van der Waals surface area (Å²) >= 11 is 0. The van der Waals surface area contributed by atoms with Gasteiger partial charge in [-0.15, -0.1) is 0 Å². The van der Waals surface area contributed by atoms with E-state index in [1.165, 1.54) is 0 Å². The number of hydrogen-bond acceptors (Lipinski definition) is 2. The maximum absolute atomic E-state index is 12.0. The van der Waals surface area contributed by atoms with Gasteiger partial charge in [0.25, 0.3) is 5.91 Å². The van der Waals surface area contributed by atoms with E-state index in [0.717, 1.165) is 17.7 Å². The Morgan fingerprint density at radius 1 is 1.37 bits per heavy atom. The summed E-state index contributed by atoms with van der Waals surface area (Å²) in [6.45, 7) is 7.08. The largest absolute Gasteiger partial charge is 0.352 e. The lowest BCUT2D eigenvalue weighted by atomic mass is 10.1. The Hall–Kier alpha value is -1.84. The predicted octanol–water partition coefficient (Wildman–Crippen LogP) is 1.98. The molecule has 0 radical (unpaired) electrons. The minimum Gasteiger partial charge on any atom is -0.352 e. The van der Waals surface area contributed by atoms with E-state index < -0.39 is 0 Å². The van der Waals surface area contributed by atoms with E-state index in [0.29, 0.717) is 24.6 Å². The molecule has 0 aliphatic carbocycles. The number of carbonyl (C=O) groups is 2. The number of rotatable bonds is 3. The molecule has 0 aromatic heterocycles. The molecule has 0 bridgehead atoms. The second-order valence-electron chi connectivity index (χ2n) is 5.37. The van der Waals surface area contributed by atoms with Crippen molar-refractivity contribution in [1.82, 2.24) is 5.32 Å². The van der Waals surface area contributed by atoms with E-state index in [2.05, 4.69) is 19.2 Å². The summed E-state index contributed by atoms with van der Waals surface area (Å²) in [5, 5.41) is 2.90. The second kappa shape index (κ2) is 5.43. The van der Waals surface area contributed by atoms with Crippen LogP contribution in [0.5, 0.6) is 0 Å².